The van der Waals surface area contributed by atoms with Gasteiger partial charge >= 0.3 is 50.1 Å². The summed E-state index contributed by atoms with van der Waals surface area (Å²) >= 11 is 0. The SMILES string of the molecule is F[P-](F)(F)(F)(F)F.[C-]1=CC=CC1.[Fe+2].c1ccccc1. The zero-order valence-electron chi connectivity index (χ0n) is 9.47. The molecule has 1 aliphatic carbocycles. The molecule has 0 aromatic heterocycles. The maximum Gasteiger partial charge on any atom is 2.00 e. The molecule has 0 N–H and O–H groups in total. The Morgan fingerprint density at radius 1 is 0.737 bits per heavy atom. The van der Waals surface area contributed by atoms with E-state index in [1.807, 2.05) is 48.6 Å². The molecule has 0 atom stereocenters. The van der Waals surface area contributed by atoms with E-state index in [-0.39, 0.29) is 17.1 Å². The largest absolute Gasteiger partial charge is 2.00 e. The molecule has 0 fully saturated rings. The molecule has 1 aliphatic rings. The van der Waals surface area contributed by atoms with Gasteiger partial charge in [0, 0.05) is 0 Å². The topological polar surface area (TPSA) is 0 Å². The first-order chi connectivity index (χ1) is 7.95. The number of hydrogen-bond donors (Lipinski definition) is 0. The Bertz CT molecular complexity index is 347. The van der Waals surface area contributed by atoms with Crippen LogP contribution >= 0.6 is 7.81 Å². The van der Waals surface area contributed by atoms with Gasteiger partial charge in [-0.3, -0.25) is 6.08 Å². The number of benzene rings is 1. The van der Waals surface area contributed by atoms with Gasteiger partial charge in [-0.25, -0.2) is 12.2 Å². The molecule has 0 aliphatic heterocycles. The zero-order chi connectivity index (χ0) is 14.2. The molecule has 1 aromatic rings. The van der Waals surface area contributed by atoms with Gasteiger partial charge in [0.15, 0.2) is 0 Å². The van der Waals surface area contributed by atoms with Crippen molar-refractivity contribution in [2.24, 2.45) is 0 Å². The van der Waals surface area contributed by atoms with Gasteiger partial charge in [0.25, 0.3) is 0 Å². The molecule has 1 aromatic carbocycles. The molecule has 19 heavy (non-hydrogen) atoms. The van der Waals surface area contributed by atoms with Crippen LogP contribution in [0.15, 0.2) is 54.6 Å². The van der Waals surface area contributed by atoms with Crippen molar-refractivity contribution in [2.75, 3.05) is 0 Å². The number of rotatable bonds is 0. The molecule has 8 heteroatoms. The van der Waals surface area contributed by atoms with E-state index in [0.717, 1.165) is 6.42 Å². The van der Waals surface area contributed by atoms with Crippen LogP contribution in [0.2, 0.25) is 0 Å². The molecule has 2 rings (SSSR count). The summed E-state index contributed by atoms with van der Waals surface area (Å²) in [7, 11) is -10.7. The van der Waals surface area contributed by atoms with Crippen LogP contribution in [-0.2, 0) is 17.1 Å². The van der Waals surface area contributed by atoms with Crippen LogP contribution in [0.5, 0.6) is 0 Å². The predicted molar refractivity (Wildman–Crippen MR) is 61.6 cm³/mol. The fourth-order valence-corrected chi connectivity index (χ4v) is 0.725. The number of halogens is 6. The Morgan fingerprint density at radius 3 is 1.16 bits per heavy atom. The van der Waals surface area contributed by atoms with E-state index < -0.39 is 7.81 Å². The van der Waals surface area contributed by atoms with E-state index in [0.29, 0.717) is 0 Å². The summed E-state index contributed by atoms with van der Waals surface area (Å²) in [6.07, 6.45) is 10.0. The molecule has 0 amide bonds. The van der Waals surface area contributed by atoms with Crippen LogP contribution in [0.25, 0.3) is 0 Å². The van der Waals surface area contributed by atoms with Crippen LogP contribution in [0.1, 0.15) is 6.42 Å². The summed E-state index contributed by atoms with van der Waals surface area (Å²) < 4.78 is 59.2. The van der Waals surface area contributed by atoms with E-state index in [4.69, 9.17) is 0 Å². The minimum Gasteiger partial charge on any atom is -0.273 e. The average Bonchev–Trinajstić information content (AvgIpc) is 2.73. The molecule has 0 heterocycles. The zero-order valence-corrected chi connectivity index (χ0v) is 11.5. The number of allylic oxidation sites excluding steroid dienone is 4. The van der Waals surface area contributed by atoms with Gasteiger partial charge in [-0.15, -0.1) is 6.42 Å². The first-order valence-corrected chi connectivity index (χ1v) is 6.76. The summed E-state index contributed by atoms with van der Waals surface area (Å²) in [5, 5.41) is 0. The minimum absolute atomic E-state index is 0. The van der Waals surface area contributed by atoms with Crippen molar-refractivity contribution < 1.29 is 42.3 Å². The van der Waals surface area contributed by atoms with E-state index in [9.17, 15) is 25.2 Å². The van der Waals surface area contributed by atoms with Crippen LogP contribution in [0, 0.1) is 6.08 Å². The monoisotopic (exact) mass is 344 g/mol. The normalized spacial score (nSPS) is 15.7. The number of hydrogen-bond acceptors (Lipinski definition) is 0. The standard InChI is InChI=1S/C6H6.C5H5.F6P.Fe/c1-2-4-6-5-3-1;1-2-4-5-3-1;1-7(2,3,4,5)6;/h1-6H;1-3H,4H2;;/q;2*-1;+2. The van der Waals surface area contributed by atoms with E-state index in [2.05, 4.69) is 12.2 Å². The van der Waals surface area contributed by atoms with Gasteiger partial charge in [0.2, 0.25) is 0 Å². The van der Waals surface area contributed by atoms with Crippen molar-refractivity contribution in [2.45, 2.75) is 6.42 Å². The summed E-state index contributed by atoms with van der Waals surface area (Å²) in [6.45, 7) is 0. The third-order valence-corrected chi connectivity index (χ3v) is 1.25. The van der Waals surface area contributed by atoms with Gasteiger partial charge in [0.1, 0.15) is 0 Å². The Morgan fingerprint density at radius 2 is 1.05 bits per heavy atom. The average molecular weight is 344 g/mol. The molecule has 0 nitrogen and oxygen atoms in total. The van der Waals surface area contributed by atoms with Crippen molar-refractivity contribution in [1.29, 1.82) is 0 Å². The maximum atomic E-state index is 9.87. The van der Waals surface area contributed by atoms with Gasteiger partial charge in [-0.2, -0.15) is 6.08 Å². The summed E-state index contributed by atoms with van der Waals surface area (Å²) in [4.78, 5) is 0. The van der Waals surface area contributed by atoms with Crippen LogP contribution < -0.4 is 0 Å². The summed E-state index contributed by atoms with van der Waals surface area (Å²) in [5.74, 6) is 0. The van der Waals surface area contributed by atoms with E-state index in [1.54, 1.807) is 0 Å². The third kappa shape index (κ3) is 38.2. The summed E-state index contributed by atoms with van der Waals surface area (Å²) in [6, 6.07) is 12.0. The van der Waals surface area contributed by atoms with Gasteiger partial charge in [-0.1, -0.05) is 36.4 Å². The van der Waals surface area contributed by atoms with Crippen LogP contribution in [0.3, 0.4) is 0 Å². The molecule has 0 radical (unpaired) electrons. The molecule has 110 valence electrons. The van der Waals surface area contributed by atoms with Crippen molar-refractivity contribution in [3.63, 3.8) is 0 Å². The minimum atomic E-state index is -10.7. The second-order valence-corrected chi connectivity index (χ2v) is 5.03. The third-order valence-electron chi connectivity index (χ3n) is 1.25. The van der Waals surface area contributed by atoms with E-state index in [1.165, 1.54) is 0 Å². The van der Waals surface area contributed by atoms with Crippen molar-refractivity contribution >= 4 is 7.81 Å². The quantitative estimate of drug-likeness (QED) is 0.222. The van der Waals surface area contributed by atoms with Crippen molar-refractivity contribution in [1.82, 2.24) is 0 Å². The molecule has 0 unspecified atom stereocenters. The Kier molecular flexibility index (Phi) is 7.71. The molecule has 0 saturated heterocycles. The summed E-state index contributed by atoms with van der Waals surface area (Å²) in [5.41, 5.74) is 0. The first-order valence-electron chi connectivity index (χ1n) is 4.73. The van der Waals surface area contributed by atoms with Crippen molar-refractivity contribution in [3.8, 4) is 0 Å². The van der Waals surface area contributed by atoms with Gasteiger partial charge in [0.05, 0.1) is 0 Å². The molecule has 0 saturated carbocycles. The van der Waals surface area contributed by atoms with Crippen molar-refractivity contribution in [3.05, 3.63) is 60.7 Å². The Balaban J connectivity index is 0. The fourth-order valence-electron chi connectivity index (χ4n) is 0.725. The van der Waals surface area contributed by atoms with Gasteiger partial charge < -0.3 is 0 Å². The van der Waals surface area contributed by atoms with Crippen LogP contribution in [-0.4, -0.2) is 0 Å². The smallest absolute Gasteiger partial charge is 0.273 e. The molecule has 0 bridgehead atoms. The molecular formula is C11H11F6FeP. The fraction of sp³-hybridized carbons (Fsp3) is 0.0909. The van der Waals surface area contributed by atoms with Crippen LogP contribution in [0.4, 0.5) is 25.2 Å². The molecular weight excluding hydrogens is 333 g/mol. The predicted octanol–water partition coefficient (Wildman–Crippen LogP) is 6.37. The van der Waals surface area contributed by atoms with E-state index >= 15 is 0 Å². The Hall–Kier alpha value is -0.771. The van der Waals surface area contributed by atoms with Gasteiger partial charge in [-0.05, 0) is 0 Å². The first kappa shape index (κ1) is 20.5. The Labute approximate surface area is 117 Å². The second kappa shape index (κ2) is 7.13. The maximum absolute atomic E-state index is 10.7. The molecule has 0 spiro atoms. The second-order valence-electron chi connectivity index (χ2n) is 3.12.